The minimum atomic E-state index is -0.489. The SMILES string of the molecule is CCC(C)c1ccc(OCC(=O)NNC(=O)c2ccccc2Cl)cc1. The van der Waals surface area contributed by atoms with Crippen molar-refractivity contribution in [1.82, 2.24) is 10.9 Å². The summed E-state index contributed by atoms with van der Waals surface area (Å²) in [5.74, 6) is 0.125. The van der Waals surface area contributed by atoms with Crippen molar-refractivity contribution in [2.75, 3.05) is 6.61 Å². The van der Waals surface area contributed by atoms with E-state index in [4.69, 9.17) is 16.3 Å². The lowest BCUT2D eigenvalue weighted by Crippen LogP contribution is -2.43. The maximum absolute atomic E-state index is 11.9. The second kappa shape index (κ2) is 9.08. The van der Waals surface area contributed by atoms with Gasteiger partial charge in [-0.25, -0.2) is 0 Å². The Bertz CT molecular complexity index is 732. The van der Waals surface area contributed by atoms with Crippen LogP contribution in [-0.4, -0.2) is 18.4 Å². The molecule has 132 valence electrons. The molecule has 25 heavy (non-hydrogen) atoms. The van der Waals surface area contributed by atoms with Crippen LogP contribution in [0, 0.1) is 0 Å². The molecule has 1 unspecified atom stereocenters. The highest BCUT2D eigenvalue weighted by Gasteiger charge is 2.11. The second-order valence-electron chi connectivity index (χ2n) is 5.65. The second-order valence-corrected chi connectivity index (χ2v) is 6.06. The van der Waals surface area contributed by atoms with Gasteiger partial charge in [-0.1, -0.05) is 49.7 Å². The summed E-state index contributed by atoms with van der Waals surface area (Å²) in [6.45, 7) is 4.09. The first kappa shape index (κ1) is 18.8. The summed E-state index contributed by atoms with van der Waals surface area (Å²) in [7, 11) is 0. The molecule has 2 rings (SSSR count). The fraction of sp³-hybridized carbons (Fsp3) is 0.263. The van der Waals surface area contributed by atoms with Crippen molar-refractivity contribution in [1.29, 1.82) is 0 Å². The standard InChI is InChI=1S/C19H21ClN2O3/c1-3-13(2)14-8-10-15(11-9-14)25-12-18(23)21-22-19(24)16-6-4-5-7-17(16)20/h4-11,13H,3,12H2,1-2H3,(H,21,23)(H,22,24). The quantitative estimate of drug-likeness (QED) is 0.772. The van der Waals surface area contributed by atoms with E-state index in [9.17, 15) is 9.59 Å². The van der Waals surface area contributed by atoms with E-state index in [1.54, 1.807) is 24.3 Å². The number of hydrogen-bond acceptors (Lipinski definition) is 3. The van der Waals surface area contributed by atoms with Gasteiger partial charge in [0.25, 0.3) is 11.8 Å². The topological polar surface area (TPSA) is 67.4 Å². The molecule has 2 aromatic carbocycles. The summed E-state index contributed by atoms with van der Waals surface area (Å²) >= 11 is 5.92. The lowest BCUT2D eigenvalue weighted by molar-refractivity contribution is -0.123. The first-order chi connectivity index (χ1) is 12.0. The Morgan fingerprint density at radius 1 is 1.08 bits per heavy atom. The molecule has 0 bridgehead atoms. The van der Waals surface area contributed by atoms with E-state index in [2.05, 4.69) is 24.7 Å². The molecule has 0 heterocycles. The Labute approximate surface area is 152 Å². The number of halogens is 1. The fourth-order valence-corrected chi connectivity index (χ4v) is 2.37. The van der Waals surface area contributed by atoms with E-state index >= 15 is 0 Å². The third-order valence-electron chi connectivity index (χ3n) is 3.87. The molecule has 2 aromatic rings. The molecule has 6 heteroatoms. The summed E-state index contributed by atoms with van der Waals surface area (Å²) in [6.07, 6.45) is 1.06. The zero-order valence-corrected chi connectivity index (χ0v) is 15.0. The van der Waals surface area contributed by atoms with Crippen LogP contribution in [0.5, 0.6) is 5.75 Å². The van der Waals surface area contributed by atoms with E-state index < -0.39 is 11.8 Å². The molecule has 1 atom stereocenters. The molecule has 0 fully saturated rings. The van der Waals surface area contributed by atoms with Gasteiger partial charge in [-0.2, -0.15) is 0 Å². The van der Waals surface area contributed by atoms with Gasteiger partial charge in [0.1, 0.15) is 5.75 Å². The minimum absolute atomic E-state index is 0.203. The van der Waals surface area contributed by atoms with Crippen molar-refractivity contribution in [2.45, 2.75) is 26.2 Å². The van der Waals surface area contributed by atoms with Gasteiger partial charge in [0.05, 0.1) is 10.6 Å². The average molecular weight is 361 g/mol. The first-order valence-electron chi connectivity index (χ1n) is 8.07. The van der Waals surface area contributed by atoms with Crippen LogP contribution < -0.4 is 15.6 Å². The van der Waals surface area contributed by atoms with Gasteiger partial charge in [-0.3, -0.25) is 20.4 Å². The Kier molecular flexibility index (Phi) is 6.83. The third-order valence-corrected chi connectivity index (χ3v) is 4.19. The summed E-state index contributed by atoms with van der Waals surface area (Å²) in [5.41, 5.74) is 6.11. The molecule has 0 aliphatic carbocycles. The number of carbonyl (C=O) groups is 2. The van der Waals surface area contributed by atoms with Crippen LogP contribution in [0.3, 0.4) is 0 Å². The highest BCUT2D eigenvalue weighted by Crippen LogP contribution is 2.21. The van der Waals surface area contributed by atoms with Gasteiger partial charge in [0.2, 0.25) is 0 Å². The maximum atomic E-state index is 11.9. The third kappa shape index (κ3) is 5.50. The molecular weight excluding hydrogens is 340 g/mol. The number of amides is 2. The van der Waals surface area contributed by atoms with Crippen molar-refractivity contribution in [3.05, 3.63) is 64.7 Å². The Balaban J connectivity index is 1.79. The molecular formula is C19H21ClN2O3. The van der Waals surface area contributed by atoms with Crippen LogP contribution in [0.1, 0.15) is 42.1 Å². The first-order valence-corrected chi connectivity index (χ1v) is 8.45. The predicted molar refractivity (Wildman–Crippen MR) is 97.7 cm³/mol. The number of hydrogen-bond donors (Lipinski definition) is 2. The van der Waals surface area contributed by atoms with Crippen molar-refractivity contribution in [3.8, 4) is 5.75 Å². The number of rotatable bonds is 6. The minimum Gasteiger partial charge on any atom is -0.484 e. The van der Waals surface area contributed by atoms with Gasteiger partial charge in [-0.15, -0.1) is 0 Å². The predicted octanol–water partition coefficient (Wildman–Crippen LogP) is 3.69. The van der Waals surface area contributed by atoms with E-state index in [1.807, 2.05) is 24.3 Å². The smallest absolute Gasteiger partial charge is 0.276 e. The van der Waals surface area contributed by atoms with Gasteiger partial charge < -0.3 is 4.74 Å². The van der Waals surface area contributed by atoms with E-state index in [0.29, 0.717) is 16.7 Å². The number of benzene rings is 2. The summed E-state index contributed by atoms with van der Waals surface area (Å²) in [4.78, 5) is 23.7. The van der Waals surface area contributed by atoms with E-state index in [0.717, 1.165) is 6.42 Å². The zero-order valence-electron chi connectivity index (χ0n) is 14.2. The monoisotopic (exact) mass is 360 g/mol. The number of hydrazine groups is 1. The van der Waals surface area contributed by atoms with E-state index in [1.165, 1.54) is 5.56 Å². The van der Waals surface area contributed by atoms with Crippen LogP contribution in [-0.2, 0) is 4.79 Å². The van der Waals surface area contributed by atoms with Crippen LogP contribution in [0.25, 0.3) is 0 Å². The molecule has 0 saturated heterocycles. The number of nitrogens with one attached hydrogen (secondary N) is 2. The van der Waals surface area contributed by atoms with Crippen molar-refractivity contribution < 1.29 is 14.3 Å². The van der Waals surface area contributed by atoms with Crippen molar-refractivity contribution in [3.63, 3.8) is 0 Å². The number of carbonyl (C=O) groups excluding carboxylic acids is 2. The molecule has 0 spiro atoms. The van der Waals surface area contributed by atoms with Gasteiger partial charge in [0, 0.05) is 0 Å². The molecule has 0 aliphatic rings. The molecule has 0 aliphatic heterocycles. The fourth-order valence-electron chi connectivity index (χ4n) is 2.15. The van der Waals surface area contributed by atoms with Crippen molar-refractivity contribution >= 4 is 23.4 Å². The Hall–Kier alpha value is -2.53. The van der Waals surface area contributed by atoms with Crippen molar-refractivity contribution in [2.24, 2.45) is 0 Å². The van der Waals surface area contributed by atoms with Gasteiger partial charge in [0.15, 0.2) is 6.61 Å². The van der Waals surface area contributed by atoms with Crippen LogP contribution >= 0.6 is 11.6 Å². The molecule has 0 saturated carbocycles. The molecule has 2 amide bonds. The molecule has 5 nitrogen and oxygen atoms in total. The highest BCUT2D eigenvalue weighted by molar-refractivity contribution is 6.33. The molecule has 0 radical (unpaired) electrons. The normalized spacial score (nSPS) is 11.5. The lowest BCUT2D eigenvalue weighted by atomic mass is 9.99. The Morgan fingerprint density at radius 2 is 1.76 bits per heavy atom. The van der Waals surface area contributed by atoms with Crippen LogP contribution in [0.4, 0.5) is 0 Å². The summed E-state index contributed by atoms with van der Waals surface area (Å²) in [5, 5.41) is 0.312. The molecule has 2 N–H and O–H groups in total. The van der Waals surface area contributed by atoms with Gasteiger partial charge in [-0.05, 0) is 42.2 Å². The van der Waals surface area contributed by atoms with Crippen LogP contribution in [0.15, 0.2) is 48.5 Å². The van der Waals surface area contributed by atoms with E-state index in [-0.39, 0.29) is 12.2 Å². The lowest BCUT2D eigenvalue weighted by Gasteiger charge is -2.11. The summed E-state index contributed by atoms with van der Waals surface area (Å²) < 4.78 is 5.41. The molecule has 0 aromatic heterocycles. The van der Waals surface area contributed by atoms with Crippen LogP contribution in [0.2, 0.25) is 5.02 Å². The average Bonchev–Trinajstić information content (AvgIpc) is 2.64. The Morgan fingerprint density at radius 3 is 2.40 bits per heavy atom. The zero-order chi connectivity index (χ0) is 18.2. The maximum Gasteiger partial charge on any atom is 0.276 e. The summed E-state index contributed by atoms with van der Waals surface area (Å²) in [6, 6.07) is 14.2. The highest BCUT2D eigenvalue weighted by atomic mass is 35.5. The largest absolute Gasteiger partial charge is 0.484 e. The van der Waals surface area contributed by atoms with Gasteiger partial charge >= 0.3 is 0 Å². The number of ether oxygens (including phenoxy) is 1.